The fourth-order valence-electron chi connectivity index (χ4n) is 1.27. The molecule has 1 N–H and O–H groups in total. The molecule has 0 saturated carbocycles. The third-order valence-corrected chi connectivity index (χ3v) is 2.80. The molecular weight excluding hydrogens is 275 g/mol. The molecule has 1 aromatic rings. The largest absolute Gasteiger partial charge is 0.506 e. The number of aliphatic hydroxyl groups excluding tert-OH is 1. The molecule has 1 amide bonds. The second-order valence-corrected chi connectivity index (χ2v) is 4.45. The van der Waals surface area contributed by atoms with Crippen molar-refractivity contribution in [3.63, 3.8) is 0 Å². The van der Waals surface area contributed by atoms with Crippen LogP contribution in [0.2, 0.25) is 10.0 Å². The number of amides is 1. The fraction of sp³-hybridized carbons (Fsp3) is 0.167. The quantitative estimate of drug-likeness (QED) is 0.516. The minimum absolute atomic E-state index is 0.0765. The lowest BCUT2D eigenvalue weighted by molar-refractivity contribution is -0.124. The molecule has 0 radical (unpaired) electrons. The van der Waals surface area contributed by atoms with Crippen LogP contribution in [0.5, 0.6) is 0 Å². The van der Waals surface area contributed by atoms with Crippen LogP contribution < -0.4 is 0 Å². The molecule has 0 saturated heterocycles. The topological polar surface area (TPSA) is 64.3 Å². The number of carbonyl (C=O) groups excluding carboxylic acids is 1. The van der Waals surface area contributed by atoms with Crippen molar-refractivity contribution in [1.82, 2.24) is 4.90 Å². The van der Waals surface area contributed by atoms with Crippen LogP contribution in [0.25, 0.3) is 5.76 Å². The Morgan fingerprint density at radius 1 is 1.33 bits per heavy atom. The predicted molar refractivity (Wildman–Crippen MR) is 70.3 cm³/mol. The fourth-order valence-corrected chi connectivity index (χ4v) is 1.85. The van der Waals surface area contributed by atoms with Crippen molar-refractivity contribution in [2.45, 2.75) is 0 Å². The minimum atomic E-state index is -0.619. The predicted octanol–water partition coefficient (Wildman–Crippen LogP) is 2.87. The summed E-state index contributed by atoms with van der Waals surface area (Å²) in [6.07, 6.45) is 0. The Kier molecular flexibility index (Phi) is 4.60. The summed E-state index contributed by atoms with van der Waals surface area (Å²) >= 11 is 11.8. The van der Waals surface area contributed by atoms with Gasteiger partial charge in [0.2, 0.25) is 0 Å². The van der Waals surface area contributed by atoms with Crippen molar-refractivity contribution < 1.29 is 9.90 Å². The average molecular weight is 285 g/mol. The number of aliphatic hydroxyl groups is 1. The summed E-state index contributed by atoms with van der Waals surface area (Å²) in [5.74, 6) is -1.14. The minimum Gasteiger partial charge on any atom is -0.506 e. The average Bonchev–Trinajstić information content (AvgIpc) is 2.29. The lowest BCUT2D eigenvalue weighted by Gasteiger charge is -2.12. The van der Waals surface area contributed by atoms with Gasteiger partial charge in [-0.1, -0.05) is 29.3 Å². The summed E-state index contributed by atoms with van der Waals surface area (Å²) in [4.78, 5) is 12.9. The molecule has 0 aliphatic heterocycles. The van der Waals surface area contributed by atoms with Gasteiger partial charge in [0.25, 0.3) is 5.91 Å². The Hall–Kier alpha value is -1.70. The van der Waals surface area contributed by atoms with E-state index in [1.54, 1.807) is 12.1 Å². The molecule has 0 aliphatic carbocycles. The Morgan fingerprint density at radius 3 is 2.22 bits per heavy atom. The summed E-state index contributed by atoms with van der Waals surface area (Å²) in [5, 5.41) is 19.3. The summed E-state index contributed by atoms with van der Waals surface area (Å²) in [7, 11) is 2.95. The molecule has 0 atom stereocenters. The maximum atomic E-state index is 11.7. The molecule has 6 heteroatoms. The van der Waals surface area contributed by atoms with Crippen LogP contribution in [0.4, 0.5) is 0 Å². The van der Waals surface area contributed by atoms with E-state index in [0.717, 1.165) is 0 Å². The highest BCUT2D eigenvalue weighted by Gasteiger charge is 2.21. The van der Waals surface area contributed by atoms with Gasteiger partial charge in [0.05, 0.1) is 15.6 Å². The number of benzene rings is 1. The molecular formula is C12H10Cl2N2O2. The van der Waals surface area contributed by atoms with Crippen LogP contribution in [-0.4, -0.2) is 30.0 Å². The second kappa shape index (κ2) is 5.76. The van der Waals surface area contributed by atoms with Gasteiger partial charge in [-0.25, -0.2) is 0 Å². The molecule has 94 valence electrons. The van der Waals surface area contributed by atoms with E-state index in [1.165, 1.54) is 31.1 Å². The van der Waals surface area contributed by atoms with Crippen LogP contribution in [0.3, 0.4) is 0 Å². The number of nitriles is 1. The lowest BCUT2D eigenvalue weighted by atomic mass is 10.1. The highest BCUT2D eigenvalue weighted by Crippen LogP contribution is 2.31. The first kappa shape index (κ1) is 14.4. The Labute approximate surface area is 115 Å². The van der Waals surface area contributed by atoms with Gasteiger partial charge in [0, 0.05) is 14.1 Å². The second-order valence-electron chi connectivity index (χ2n) is 3.63. The molecule has 0 aromatic heterocycles. The summed E-state index contributed by atoms with van der Waals surface area (Å²) in [5.41, 5.74) is -0.331. The van der Waals surface area contributed by atoms with E-state index >= 15 is 0 Å². The monoisotopic (exact) mass is 284 g/mol. The maximum Gasteiger partial charge on any atom is 0.267 e. The molecule has 0 aliphatic rings. The standard InChI is InChI=1S/C12H10Cl2N2O2/c1-16(2)12(18)7(6-15)11(17)10-8(13)4-3-5-9(10)14/h3-5,17H,1-2H3. The third kappa shape index (κ3) is 2.76. The Bertz CT molecular complexity index is 539. The molecule has 0 unspecified atom stereocenters. The van der Waals surface area contributed by atoms with Crippen LogP contribution in [0.15, 0.2) is 23.8 Å². The number of hydrogen-bond donors (Lipinski definition) is 1. The lowest BCUT2D eigenvalue weighted by Crippen LogP contribution is -2.23. The summed E-state index contributed by atoms with van der Waals surface area (Å²) in [6.45, 7) is 0. The highest BCUT2D eigenvalue weighted by atomic mass is 35.5. The first-order valence-corrected chi connectivity index (χ1v) is 5.65. The molecule has 0 bridgehead atoms. The van der Waals surface area contributed by atoms with E-state index in [9.17, 15) is 9.90 Å². The van der Waals surface area contributed by atoms with Gasteiger partial charge in [-0.2, -0.15) is 5.26 Å². The number of halogens is 2. The van der Waals surface area contributed by atoms with Crippen molar-refractivity contribution in [1.29, 1.82) is 5.26 Å². The van der Waals surface area contributed by atoms with Gasteiger partial charge < -0.3 is 10.0 Å². The Morgan fingerprint density at radius 2 is 1.83 bits per heavy atom. The SMILES string of the molecule is CN(C)C(=O)C(C#N)=C(O)c1c(Cl)cccc1Cl. The normalized spacial score (nSPS) is 11.5. The van der Waals surface area contributed by atoms with Gasteiger partial charge in [0.15, 0.2) is 5.57 Å². The van der Waals surface area contributed by atoms with Crippen molar-refractivity contribution in [3.05, 3.63) is 39.4 Å². The van der Waals surface area contributed by atoms with E-state index in [0.29, 0.717) is 0 Å². The zero-order chi connectivity index (χ0) is 13.9. The number of carbonyl (C=O) groups is 1. The number of likely N-dealkylation sites (N-methyl/N-ethyl adjacent to an activating group) is 1. The van der Waals surface area contributed by atoms with Gasteiger partial charge in [0.1, 0.15) is 11.8 Å². The number of hydrogen-bond acceptors (Lipinski definition) is 3. The summed E-state index contributed by atoms with van der Waals surface area (Å²) < 4.78 is 0. The third-order valence-electron chi connectivity index (χ3n) is 2.17. The van der Waals surface area contributed by atoms with Gasteiger partial charge in [-0.05, 0) is 12.1 Å². The van der Waals surface area contributed by atoms with Crippen LogP contribution >= 0.6 is 23.2 Å². The Balaban J connectivity index is 3.47. The van der Waals surface area contributed by atoms with Gasteiger partial charge in [-0.15, -0.1) is 0 Å². The van der Waals surface area contributed by atoms with E-state index in [-0.39, 0.29) is 15.6 Å². The maximum absolute atomic E-state index is 11.7. The summed E-state index contributed by atoms with van der Waals surface area (Å²) in [6, 6.07) is 6.27. The number of rotatable bonds is 2. The first-order chi connectivity index (χ1) is 8.40. The molecule has 4 nitrogen and oxygen atoms in total. The number of nitrogens with zero attached hydrogens (tertiary/aromatic N) is 2. The molecule has 0 spiro atoms. The van der Waals surface area contributed by atoms with Gasteiger partial charge in [-0.3, -0.25) is 4.79 Å². The van der Waals surface area contributed by atoms with E-state index in [4.69, 9.17) is 28.5 Å². The van der Waals surface area contributed by atoms with Crippen LogP contribution in [0.1, 0.15) is 5.56 Å². The van der Waals surface area contributed by atoms with Crippen molar-refractivity contribution in [3.8, 4) is 6.07 Å². The van der Waals surface area contributed by atoms with E-state index in [1.807, 2.05) is 0 Å². The van der Waals surface area contributed by atoms with Crippen molar-refractivity contribution in [2.75, 3.05) is 14.1 Å². The van der Waals surface area contributed by atoms with E-state index < -0.39 is 17.2 Å². The van der Waals surface area contributed by atoms with E-state index in [2.05, 4.69) is 0 Å². The van der Waals surface area contributed by atoms with Gasteiger partial charge >= 0.3 is 0 Å². The molecule has 1 rings (SSSR count). The highest BCUT2D eigenvalue weighted by molar-refractivity contribution is 6.37. The first-order valence-electron chi connectivity index (χ1n) is 4.89. The van der Waals surface area contributed by atoms with Crippen molar-refractivity contribution >= 4 is 34.9 Å². The molecule has 18 heavy (non-hydrogen) atoms. The van der Waals surface area contributed by atoms with Crippen molar-refractivity contribution in [2.24, 2.45) is 0 Å². The zero-order valence-electron chi connectivity index (χ0n) is 9.74. The van der Waals surface area contributed by atoms with Crippen LogP contribution in [-0.2, 0) is 4.79 Å². The molecule has 0 fully saturated rings. The zero-order valence-corrected chi connectivity index (χ0v) is 11.2. The smallest absolute Gasteiger partial charge is 0.267 e. The molecule has 1 aromatic carbocycles. The molecule has 0 heterocycles. The van der Waals surface area contributed by atoms with Crippen LogP contribution in [0, 0.1) is 11.3 Å².